The summed E-state index contributed by atoms with van der Waals surface area (Å²) in [6.07, 6.45) is 5.35. The van der Waals surface area contributed by atoms with Crippen LogP contribution in [0.15, 0.2) is 30.3 Å². The van der Waals surface area contributed by atoms with Gasteiger partial charge in [-0.15, -0.1) is 0 Å². The van der Waals surface area contributed by atoms with E-state index in [1.54, 1.807) is 17.0 Å². The smallest absolute Gasteiger partial charge is 0.267 e. The van der Waals surface area contributed by atoms with Gasteiger partial charge in [-0.2, -0.15) is 0 Å². The fourth-order valence-corrected chi connectivity index (χ4v) is 6.35. The van der Waals surface area contributed by atoms with Gasteiger partial charge in [0.15, 0.2) is 16.5 Å². The van der Waals surface area contributed by atoms with Crippen molar-refractivity contribution >= 4 is 45.0 Å². The van der Waals surface area contributed by atoms with E-state index in [1.807, 2.05) is 0 Å². The van der Waals surface area contributed by atoms with Crippen molar-refractivity contribution < 1.29 is 22.3 Å². The molecule has 1 amide bonds. The van der Waals surface area contributed by atoms with E-state index in [0.717, 1.165) is 49.3 Å². The highest BCUT2D eigenvalue weighted by Crippen LogP contribution is 2.47. The first kappa shape index (κ1) is 26.3. The van der Waals surface area contributed by atoms with E-state index in [0.29, 0.717) is 31.4 Å². The standard InChI is InChI=1S/C26H26Cl2FN5O4S/c1-39(36,37)32-20-8-7-19(24(28)31-20)38-26(10-11-26)25(35)34-13-9-18-23(33-12-3-2-4-21(33)30-18)22(34)16-6-5-15(27)14-17(16)29/h5-8,14,22H,2-4,9-13H2,1H3,(H,31,32). The van der Waals surface area contributed by atoms with Gasteiger partial charge in [0.05, 0.1) is 17.6 Å². The Morgan fingerprint density at radius 1 is 1.13 bits per heavy atom. The van der Waals surface area contributed by atoms with E-state index in [4.69, 9.17) is 32.9 Å². The Hall–Kier alpha value is -2.89. The number of benzene rings is 1. The number of rotatable bonds is 6. The average Bonchev–Trinajstić information content (AvgIpc) is 3.56. The first-order valence-corrected chi connectivity index (χ1v) is 15.4. The van der Waals surface area contributed by atoms with Gasteiger partial charge in [-0.3, -0.25) is 9.52 Å². The number of pyridine rings is 1. The molecule has 1 N–H and O–H groups in total. The molecule has 6 rings (SSSR count). The van der Waals surface area contributed by atoms with E-state index in [-0.39, 0.29) is 27.7 Å². The Bertz CT molecular complexity index is 1590. The van der Waals surface area contributed by atoms with Crippen LogP contribution < -0.4 is 9.46 Å². The molecule has 2 aromatic heterocycles. The number of halogens is 3. The van der Waals surface area contributed by atoms with Crippen molar-refractivity contribution in [1.82, 2.24) is 19.4 Å². The number of imidazole rings is 1. The van der Waals surface area contributed by atoms with Crippen LogP contribution in [0, 0.1) is 5.82 Å². The second kappa shape index (κ2) is 9.64. The van der Waals surface area contributed by atoms with Gasteiger partial charge in [-0.25, -0.2) is 22.8 Å². The van der Waals surface area contributed by atoms with Gasteiger partial charge in [0.25, 0.3) is 5.91 Å². The molecule has 3 aliphatic rings. The van der Waals surface area contributed by atoms with Crippen LogP contribution in [0.3, 0.4) is 0 Å². The van der Waals surface area contributed by atoms with Crippen molar-refractivity contribution in [2.75, 3.05) is 17.5 Å². The number of ether oxygens (including phenoxy) is 1. The lowest BCUT2D eigenvalue weighted by Crippen LogP contribution is -2.49. The minimum Gasteiger partial charge on any atom is -0.474 e. The van der Waals surface area contributed by atoms with Crippen LogP contribution in [0.4, 0.5) is 10.2 Å². The predicted molar refractivity (Wildman–Crippen MR) is 144 cm³/mol. The number of aryl methyl sites for hydroxylation is 1. The quantitative estimate of drug-likeness (QED) is 0.421. The molecular weight excluding hydrogens is 568 g/mol. The summed E-state index contributed by atoms with van der Waals surface area (Å²) in [4.78, 5) is 24.8. The van der Waals surface area contributed by atoms with Gasteiger partial charge < -0.3 is 14.2 Å². The fraction of sp³-hybridized carbons (Fsp3) is 0.423. The van der Waals surface area contributed by atoms with E-state index in [2.05, 4.69) is 14.3 Å². The van der Waals surface area contributed by atoms with Crippen LogP contribution in [-0.4, -0.2) is 52.2 Å². The van der Waals surface area contributed by atoms with Crippen molar-refractivity contribution in [2.24, 2.45) is 0 Å². The summed E-state index contributed by atoms with van der Waals surface area (Å²) in [5.41, 5.74) is 0.911. The highest BCUT2D eigenvalue weighted by molar-refractivity contribution is 7.92. The van der Waals surface area contributed by atoms with Crippen molar-refractivity contribution in [1.29, 1.82) is 0 Å². The number of aromatic nitrogens is 3. The van der Waals surface area contributed by atoms with Gasteiger partial charge >= 0.3 is 0 Å². The van der Waals surface area contributed by atoms with Crippen LogP contribution in [0.5, 0.6) is 5.75 Å². The van der Waals surface area contributed by atoms with Crippen molar-refractivity contribution in [3.05, 3.63) is 69.1 Å². The van der Waals surface area contributed by atoms with Crippen LogP contribution in [-0.2, 0) is 34.2 Å². The number of sulfonamides is 1. The van der Waals surface area contributed by atoms with Crippen molar-refractivity contribution in [3.8, 4) is 5.75 Å². The lowest BCUT2D eigenvalue weighted by molar-refractivity contribution is -0.143. The number of carbonyl (C=O) groups excluding carboxylic acids is 1. The SMILES string of the molecule is CS(=O)(=O)Nc1ccc(OC2(C(=O)N3CCc4nc5n(c4C3c3ccc(Cl)cc3F)CCCC5)CC2)c(Cl)n1. The maximum Gasteiger partial charge on any atom is 0.267 e. The first-order valence-electron chi connectivity index (χ1n) is 12.7. The summed E-state index contributed by atoms with van der Waals surface area (Å²) >= 11 is 12.4. The molecule has 1 unspecified atom stereocenters. The summed E-state index contributed by atoms with van der Waals surface area (Å²) < 4.78 is 49.0. The van der Waals surface area contributed by atoms with Gasteiger partial charge in [0.1, 0.15) is 23.5 Å². The van der Waals surface area contributed by atoms with Crippen LogP contribution in [0.25, 0.3) is 0 Å². The first-order chi connectivity index (χ1) is 18.5. The fourth-order valence-electron chi connectivity index (χ4n) is 5.50. The van der Waals surface area contributed by atoms with E-state index in [1.165, 1.54) is 18.2 Å². The molecule has 1 saturated carbocycles. The number of amides is 1. The van der Waals surface area contributed by atoms with Gasteiger partial charge in [0, 0.05) is 49.4 Å². The predicted octanol–water partition coefficient (Wildman–Crippen LogP) is 4.52. The number of carbonyl (C=O) groups is 1. The highest BCUT2D eigenvalue weighted by atomic mass is 35.5. The lowest BCUT2D eigenvalue weighted by Gasteiger charge is -2.39. The number of anilines is 1. The maximum absolute atomic E-state index is 15.4. The molecule has 0 spiro atoms. The third-order valence-corrected chi connectivity index (χ3v) is 8.46. The van der Waals surface area contributed by atoms with E-state index < -0.39 is 27.5 Å². The number of nitrogens with one attached hydrogen (secondary N) is 1. The molecule has 2 aliphatic heterocycles. The molecule has 1 fully saturated rings. The molecule has 1 atom stereocenters. The summed E-state index contributed by atoms with van der Waals surface area (Å²) in [5, 5.41) is 0.201. The maximum atomic E-state index is 15.4. The summed E-state index contributed by atoms with van der Waals surface area (Å²) in [5.74, 6) is 0.413. The van der Waals surface area contributed by atoms with Crippen molar-refractivity contribution in [3.63, 3.8) is 0 Å². The molecule has 0 saturated heterocycles. The summed E-state index contributed by atoms with van der Waals surface area (Å²) in [6.45, 7) is 1.12. The van der Waals surface area contributed by atoms with E-state index >= 15 is 4.39 Å². The van der Waals surface area contributed by atoms with Crippen LogP contribution in [0.2, 0.25) is 10.2 Å². The number of fused-ring (bicyclic) bond motifs is 3. The Labute approximate surface area is 235 Å². The third-order valence-electron chi connectivity index (χ3n) is 7.38. The molecule has 39 heavy (non-hydrogen) atoms. The van der Waals surface area contributed by atoms with Gasteiger partial charge in [0.2, 0.25) is 10.0 Å². The molecule has 0 radical (unpaired) electrons. The molecule has 1 aromatic carbocycles. The molecule has 13 heteroatoms. The lowest BCUT2D eigenvalue weighted by atomic mass is 9.93. The zero-order valence-electron chi connectivity index (χ0n) is 21.1. The highest BCUT2D eigenvalue weighted by Gasteiger charge is 2.57. The zero-order chi connectivity index (χ0) is 27.5. The molecular formula is C26H26Cl2FN5O4S. The topological polar surface area (TPSA) is 106 Å². The van der Waals surface area contributed by atoms with Gasteiger partial charge in [-0.05, 0) is 37.1 Å². The Kier molecular flexibility index (Phi) is 6.51. The van der Waals surface area contributed by atoms with Crippen LogP contribution >= 0.6 is 23.2 Å². The minimum absolute atomic E-state index is 0.0402. The zero-order valence-corrected chi connectivity index (χ0v) is 23.4. The second-order valence-corrected chi connectivity index (χ2v) is 12.8. The number of hydrogen-bond donors (Lipinski definition) is 1. The monoisotopic (exact) mass is 593 g/mol. The molecule has 3 aromatic rings. The minimum atomic E-state index is -3.54. The second-order valence-electron chi connectivity index (χ2n) is 10.2. The van der Waals surface area contributed by atoms with Crippen LogP contribution in [0.1, 0.15) is 54.5 Å². The van der Waals surface area contributed by atoms with Gasteiger partial charge in [-0.1, -0.05) is 29.3 Å². The van der Waals surface area contributed by atoms with E-state index in [9.17, 15) is 13.2 Å². The Morgan fingerprint density at radius 2 is 1.92 bits per heavy atom. The third kappa shape index (κ3) is 4.96. The molecule has 4 heterocycles. The summed E-state index contributed by atoms with van der Waals surface area (Å²) in [6, 6.07) is 6.74. The van der Waals surface area contributed by atoms with Crippen molar-refractivity contribution in [2.45, 2.75) is 56.7 Å². The molecule has 1 aliphatic carbocycles. The Balaban J connectivity index is 1.35. The Morgan fingerprint density at radius 3 is 2.62 bits per heavy atom. The molecule has 9 nitrogen and oxygen atoms in total. The number of nitrogens with zero attached hydrogens (tertiary/aromatic N) is 4. The number of hydrogen-bond acceptors (Lipinski definition) is 6. The summed E-state index contributed by atoms with van der Waals surface area (Å²) in [7, 11) is -3.54. The average molecular weight is 594 g/mol. The normalized spacial score (nSPS) is 19.7. The largest absolute Gasteiger partial charge is 0.474 e. The molecule has 206 valence electrons. The molecule has 0 bridgehead atoms.